The SMILES string of the molecule is CSC1=C(SC)SC(=C2SC(SCc3ccc4c(c3)Cc3ccccc3-4)=C(SCc3ccc4c(c3)Cc3ccccc3-4)S2)S1. The number of rotatable bonds is 8. The van der Waals surface area contributed by atoms with Gasteiger partial charge in [0.1, 0.15) is 0 Å². The van der Waals surface area contributed by atoms with E-state index in [1.54, 1.807) is 0 Å². The molecule has 0 aromatic heterocycles. The lowest BCUT2D eigenvalue weighted by molar-refractivity contribution is 1.24. The van der Waals surface area contributed by atoms with Gasteiger partial charge in [0, 0.05) is 11.5 Å². The van der Waals surface area contributed by atoms with Crippen LogP contribution < -0.4 is 0 Å². The summed E-state index contributed by atoms with van der Waals surface area (Å²) in [5, 5.41) is 0. The molecule has 8 heteroatoms. The van der Waals surface area contributed by atoms with Crippen LogP contribution in [0.3, 0.4) is 0 Å². The van der Waals surface area contributed by atoms with E-state index in [0.717, 1.165) is 24.3 Å². The minimum atomic E-state index is 1.00. The average Bonchev–Trinajstić information content (AvgIpc) is 3.84. The van der Waals surface area contributed by atoms with Gasteiger partial charge in [-0.25, -0.2) is 0 Å². The van der Waals surface area contributed by atoms with Crippen LogP contribution in [0.2, 0.25) is 0 Å². The van der Waals surface area contributed by atoms with Gasteiger partial charge < -0.3 is 0 Å². The molecular weight excluding hydrogens is 689 g/mol. The Labute approximate surface area is 294 Å². The van der Waals surface area contributed by atoms with Crippen LogP contribution >= 0.6 is 94.1 Å². The molecule has 8 rings (SSSR count). The van der Waals surface area contributed by atoms with E-state index >= 15 is 0 Å². The van der Waals surface area contributed by atoms with E-state index in [0.29, 0.717) is 0 Å². The van der Waals surface area contributed by atoms with Gasteiger partial charge in [-0.2, -0.15) is 0 Å². The molecule has 2 aliphatic heterocycles. The Morgan fingerprint density at radius 2 is 0.886 bits per heavy atom. The summed E-state index contributed by atoms with van der Waals surface area (Å²) in [6.07, 6.45) is 6.51. The van der Waals surface area contributed by atoms with Gasteiger partial charge in [-0.15, -0.1) is 47.0 Å². The minimum Gasteiger partial charge on any atom is -0.121 e. The summed E-state index contributed by atoms with van der Waals surface area (Å²) in [5.74, 6) is 2.00. The predicted molar refractivity (Wildman–Crippen MR) is 210 cm³/mol. The van der Waals surface area contributed by atoms with Crippen molar-refractivity contribution in [2.75, 3.05) is 12.5 Å². The Kier molecular flexibility index (Phi) is 9.07. The van der Waals surface area contributed by atoms with Crippen molar-refractivity contribution in [3.63, 3.8) is 0 Å². The van der Waals surface area contributed by atoms with Gasteiger partial charge in [0.25, 0.3) is 0 Å². The van der Waals surface area contributed by atoms with Crippen LogP contribution in [0, 0.1) is 0 Å². The zero-order valence-electron chi connectivity index (χ0n) is 24.2. The third-order valence-electron chi connectivity index (χ3n) is 8.07. The zero-order valence-corrected chi connectivity index (χ0v) is 30.7. The zero-order chi connectivity index (χ0) is 29.6. The van der Waals surface area contributed by atoms with Crippen LogP contribution in [0.4, 0.5) is 0 Å². The lowest BCUT2D eigenvalue weighted by Crippen LogP contribution is -1.87. The van der Waals surface area contributed by atoms with E-state index in [1.165, 1.54) is 81.1 Å². The molecule has 0 nitrogen and oxygen atoms in total. The maximum absolute atomic E-state index is 2.45. The van der Waals surface area contributed by atoms with Crippen molar-refractivity contribution >= 4 is 94.1 Å². The minimum absolute atomic E-state index is 1.00. The van der Waals surface area contributed by atoms with Gasteiger partial charge in [-0.1, -0.05) is 132 Å². The van der Waals surface area contributed by atoms with Crippen molar-refractivity contribution in [2.45, 2.75) is 24.3 Å². The molecule has 2 aliphatic carbocycles. The number of hydrogen-bond donors (Lipinski definition) is 0. The molecule has 0 spiro atoms. The van der Waals surface area contributed by atoms with E-state index in [1.807, 2.05) is 94.1 Å². The van der Waals surface area contributed by atoms with Crippen molar-refractivity contribution in [1.29, 1.82) is 0 Å². The largest absolute Gasteiger partial charge is 0.121 e. The molecule has 4 aromatic rings. The van der Waals surface area contributed by atoms with Crippen molar-refractivity contribution in [3.8, 4) is 22.3 Å². The van der Waals surface area contributed by atoms with E-state index in [9.17, 15) is 0 Å². The highest BCUT2D eigenvalue weighted by Crippen LogP contribution is 2.66. The number of benzene rings is 4. The first-order valence-electron chi connectivity index (χ1n) is 14.3. The van der Waals surface area contributed by atoms with Crippen LogP contribution in [0.1, 0.15) is 33.4 Å². The summed E-state index contributed by atoms with van der Waals surface area (Å²) in [7, 11) is 0. The van der Waals surface area contributed by atoms with Gasteiger partial charge in [0.05, 0.1) is 25.4 Å². The maximum atomic E-state index is 2.45. The van der Waals surface area contributed by atoms with E-state index in [4.69, 9.17) is 0 Å². The standard InChI is InChI=1S/C36H28S8/c1-37-31-32(38-2)42-35(41-31)36-43-33(39-19-21-11-13-29-25(15-21)17-23-7-3-5-9-27(23)29)34(44-36)40-20-22-12-14-30-26(16-22)18-24-8-4-6-10-28(24)30/h3-16H,17-20H2,1-2H3. The van der Waals surface area contributed by atoms with Gasteiger partial charge in [-0.3, -0.25) is 0 Å². The first-order valence-corrected chi connectivity index (χ1v) is 22.0. The van der Waals surface area contributed by atoms with E-state index in [2.05, 4.69) is 97.4 Å². The Balaban J connectivity index is 1.01. The first kappa shape index (κ1) is 30.2. The van der Waals surface area contributed by atoms with Crippen LogP contribution in [0.15, 0.2) is 110 Å². The molecular formula is C36H28S8. The molecule has 220 valence electrons. The second-order valence-corrected chi connectivity index (χ2v) is 20.0. The summed E-state index contributed by atoms with van der Waals surface area (Å²) >= 11 is 15.7. The van der Waals surface area contributed by atoms with Crippen molar-refractivity contribution in [3.05, 3.63) is 144 Å². The third-order valence-corrected chi connectivity index (χ3v) is 19.5. The molecule has 0 saturated heterocycles. The monoisotopic (exact) mass is 716 g/mol. The van der Waals surface area contributed by atoms with Crippen LogP contribution in [0.25, 0.3) is 22.3 Å². The summed E-state index contributed by atoms with van der Waals surface area (Å²) in [5.41, 5.74) is 14.3. The fraction of sp³-hybridized carbons (Fsp3) is 0.167. The predicted octanol–water partition coefficient (Wildman–Crippen LogP) is 13.1. The number of hydrogen-bond acceptors (Lipinski definition) is 8. The summed E-state index contributed by atoms with van der Waals surface area (Å²) in [4.78, 5) is 0. The van der Waals surface area contributed by atoms with Gasteiger partial charge in [0.15, 0.2) is 0 Å². The highest BCUT2D eigenvalue weighted by Gasteiger charge is 2.30. The van der Waals surface area contributed by atoms with E-state index in [-0.39, 0.29) is 0 Å². The Morgan fingerprint density at radius 3 is 1.34 bits per heavy atom. The Hall–Kier alpha value is -1.10. The molecule has 0 amide bonds. The molecule has 2 heterocycles. The number of thioether (sulfide) groups is 8. The highest BCUT2D eigenvalue weighted by molar-refractivity contribution is 8.44. The second kappa shape index (κ2) is 13.2. The van der Waals surface area contributed by atoms with Gasteiger partial charge in [-0.05, 0) is 81.0 Å². The smallest absolute Gasteiger partial charge is 0.0717 e. The first-order chi connectivity index (χ1) is 21.7. The van der Waals surface area contributed by atoms with Crippen molar-refractivity contribution in [1.82, 2.24) is 0 Å². The Bertz CT molecular complexity index is 1770. The maximum Gasteiger partial charge on any atom is 0.0717 e. The lowest BCUT2D eigenvalue weighted by Gasteiger charge is -2.08. The van der Waals surface area contributed by atoms with Gasteiger partial charge >= 0.3 is 0 Å². The molecule has 44 heavy (non-hydrogen) atoms. The fourth-order valence-corrected chi connectivity index (χ4v) is 17.0. The lowest BCUT2D eigenvalue weighted by atomic mass is 10.0. The van der Waals surface area contributed by atoms with Crippen molar-refractivity contribution in [2.24, 2.45) is 0 Å². The Morgan fingerprint density at radius 1 is 0.477 bits per heavy atom. The van der Waals surface area contributed by atoms with Crippen LogP contribution in [0.5, 0.6) is 0 Å². The van der Waals surface area contributed by atoms with E-state index < -0.39 is 0 Å². The number of fused-ring (bicyclic) bond motifs is 6. The molecule has 0 N–H and O–H groups in total. The summed E-state index contributed by atoms with van der Waals surface area (Å²) < 4.78 is 8.72. The topological polar surface area (TPSA) is 0 Å². The second-order valence-electron chi connectivity index (χ2n) is 10.8. The van der Waals surface area contributed by atoms with Crippen molar-refractivity contribution < 1.29 is 0 Å². The van der Waals surface area contributed by atoms with Gasteiger partial charge in [0.2, 0.25) is 0 Å². The van der Waals surface area contributed by atoms with Crippen LogP contribution in [-0.4, -0.2) is 12.5 Å². The summed E-state index contributed by atoms with van der Waals surface area (Å²) in [6.45, 7) is 0. The fourth-order valence-electron chi connectivity index (χ4n) is 6.01. The molecule has 4 aromatic carbocycles. The molecule has 0 atom stereocenters. The normalized spacial score (nSPS) is 16.6. The molecule has 0 fully saturated rings. The van der Waals surface area contributed by atoms with Crippen LogP contribution in [-0.2, 0) is 24.3 Å². The quantitative estimate of drug-likeness (QED) is 0.151. The molecule has 4 aliphatic rings. The highest BCUT2D eigenvalue weighted by atomic mass is 32.3. The molecule has 0 radical (unpaired) electrons. The third kappa shape index (κ3) is 5.92. The molecule has 0 unspecified atom stereocenters. The summed E-state index contributed by atoms with van der Waals surface area (Å²) in [6, 6.07) is 32.0. The molecule has 0 bridgehead atoms. The molecule has 0 saturated carbocycles. The average molecular weight is 717 g/mol.